The normalized spacial score (nSPS) is 10.0. The quantitative estimate of drug-likeness (QED) is 0.865. The molecule has 2 rings (SSSR count). The summed E-state index contributed by atoms with van der Waals surface area (Å²) in [6.45, 7) is 0. The van der Waals surface area contributed by atoms with Crippen molar-refractivity contribution in [2.24, 2.45) is 0 Å². The zero-order valence-corrected chi connectivity index (χ0v) is 10.7. The highest BCUT2D eigenvalue weighted by molar-refractivity contribution is 9.10. The first kappa shape index (κ1) is 11.9. The van der Waals surface area contributed by atoms with Gasteiger partial charge in [-0.15, -0.1) is 0 Å². The number of rotatable bonds is 2. The molecule has 0 aromatic carbocycles. The summed E-state index contributed by atoms with van der Waals surface area (Å²) in [6.07, 6.45) is 2.98. The number of anilines is 1. The van der Waals surface area contributed by atoms with Gasteiger partial charge in [-0.3, -0.25) is 10.1 Å². The third kappa shape index (κ3) is 2.98. The summed E-state index contributed by atoms with van der Waals surface area (Å²) in [6, 6.07) is 4.96. The highest BCUT2D eigenvalue weighted by Crippen LogP contribution is 2.14. The van der Waals surface area contributed by atoms with Crippen LogP contribution in [0.1, 0.15) is 10.5 Å². The summed E-state index contributed by atoms with van der Waals surface area (Å²) in [7, 11) is 0. The second kappa shape index (κ2) is 5.20. The van der Waals surface area contributed by atoms with E-state index in [0.717, 1.165) is 0 Å². The maximum absolute atomic E-state index is 11.8. The van der Waals surface area contributed by atoms with E-state index in [2.05, 4.69) is 36.2 Å². The Morgan fingerprint density at radius 1 is 1.29 bits per heavy atom. The van der Waals surface area contributed by atoms with Gasteiger partial charge in [0.2, 0.25) is 5.95 Å². The molecule has 7 heteroatoms. The number of amides is 1. The van der Waals surface area contributed by atoms with Crippen LogP contribution >= 0.6 is 27.5 Å². The fourth-order valence-corrected chi connectivity index (χ4v) is 1.68. The van der Waals surface area contributed by atoms with Crippen molar-refractivity contribution in [2.45, 2.75) is 0 Å². The van der Waals surface area contributed by atoms with E-state index in [1.54, 1.807) is 12.1 Å². The summed E-state index contributed by atoms with van der Waals surface area (Å²) in [5, 5.41) is 2.76. The first-order valence-corrected chi connectivity index (χ1v) is 5.74. The standard InChI is InChI=1S/C10H6BrClN4O/c11-6-2-1-4-13-8(6)9(17)16-10-14-5-3-7(12)15-10/h1-5H,(H,14,15,16,17). The number of hydrogen-bond acceptors (Lipinski definition) is 4. The Labute approximate surface area is 110 Å². The van der Waals surface area contributed by atoms with Gasteiger partial charge in [-0.25, -0.2) is 15.0 Å². The van der Waals surface area contributed by atoms with E-state index < -0.39 is 5.91 Å². The van der Waals surface area contributed by atoms with E-state index in [1.165, 1.54) is 18.5 Å². The molecule has 0 aliphatic heterocycles. The molecule has 0 saturated carbocycles. The third-order valence-electron chi connectivity index (χ3n) is 1.82. The molecule has 0 bridgehead atoms. The Hall–Kier alpha value is -1.53. The van der Waals surface area contributed by atoms with Crippen LogP contribution in [0.2, 0.25) is 5.15 Å². The molecule has 5 nitrogen and oxygen atoms in total. The van der Waals surface area contributed by atoms with Gasteiger partial charge in [0, 0.05) is 16.9 Å². The zero-order chi connectivity index (χ0) is 12.3. The first-order chi connectivity index (χ1) is 8.16. The van der Waals surface area contributed by atoms with Crippen LogP contribution in [-0.2, 0) is 0 Å². The summed E-state index contributed by atoms with van der Waals surface area (Å²) < 4.78 is 0.597. The van der Waals surface area contributed by atoms with Crippen LogP contribution in [0.4, 0.5) is 5.95 Å². The summed E-state index contributed by atoms with van der Waals surface area (Å²) in [5.41, 5.74) is 0.260. The number of carbonyl (C=O) groups is 1. The summed E-state index contributed by atoms with van der Waals surface area (Å²) >= 11 is 8.91. The smallest absolute Gasteiger partial charge is 0.277 e. The molecule has 0 fully saturated rings. The van der Waals surface area contributed by atoms with Gasteiger partial charge < -0.3 is 0 Å². The van der Waals surface area contributed by atoms with Crippen LogP contribution in [-0.4, -0.2) is 20.9 Å². The topological polar surface area (TPSA) is 67.8 Å². The van der Waals surface area contributed by atoms with E-state index >= 15 is 0 Å². The van der Waals surface area contributed by atoms with E-state index in [1.807, 2.05) is 0 Å². The van der Waals surface area contributed by atoms with Crippen molar-refractivity contribution in [1.29, 1.82) is 0 Å². The van der Waals surface area contributed by atoms with Crippen molar-refractivity contribution in [1.82, 2.24) is 15.0 Å². The molecule has 1 N–H and O–H groups in total. The number of nitrogens with zero attached hydrogens (tertiary/aromatic N) is 3. The van der Waals surface area contributed by atoms with Crippen molar-refractivity contribution >= 4 is 39.4 Å². The SMILES string of the molecule is O=C(Nc1nccc(Cl)n1)c1ncccc1Br. The predicted octanol–water partition coefficient (Wildman–Crippen LogP) is 2.54. The van der Waals surface area contributed by atoms with E-state index in [9.17, 15) is 4.79 Å². The van der Waals surface area contributed by atoms with Crippen LogP contribution in [0.15, 0.2) is 35.1 Å². The molecule has 2 aromatic rings. The molecule has 0 radical (unpaired) electrons. The van der Waals surface area contributed by atoms with Crippen molar-refractivity contribution < 1.29 is 4.79 Å². The number of halogens is 2. The molecule has 2 heterocycles. The first-order valence-electron chi connectivity index (χ1n) is 4.57. The maximum Gasteiger partial charge on any atom is 0.277 e. The molecule has 86 valence electrons. The molecule has 0 atom stereocenters. The Bertz CT molecular complexity index is 564. The van der Waals surface area contributed by atoms with Crippen LogP contribution in [0, 0.1) is 0 Å². The fourth-order valence-electron chi connectivity index (χ4n) is 1.11. The summed E-state index contributed by atoms with van der Waals surface area (Å²) in [4.78, 5) is 23.5. The van der Waals surface area contributed by atoms with Crippen LogP contribution in [0.3, 0.4) is 0 Å². The second-order valence-corrected chi connectivity index (χ2v) is 4.23. The predicted molar refractivity (Wildman–Crippen MR) is 66.9 cm³/mol. The monoisotopic (exact) mass is 312 g/mol. The van der Waals surface area contributed by atoms with Gasteiger partial charge in [-0.2, -0.15) is 0 Å². The average molecular weight is 314 g/mol. The molecule has 0 spiro atoms. The number of hydrogen-bond donors (Lipinski definition) is 1. The number of pyridine rings is 1. The lowest BCUT2D eigenvalue weighted by Crippen LogP contribution is -2.16. The Kier molecular flexibility index (Phi) is 3.65. The van der Waals surface area contributed by atoms with Crippen LogP contribution in [0.5, 0.6) is 0 Å². The molecule has 17 heavy (non-hydrogen) atoms. The molecule has 2 aromatic heterocycles. The maximum atomic E-state index is 11.8. The highest BCUT2D eigenvalue weighted by atomic mass is 79.9. The minimum atomic E-state index is -0.403. The molecule has 0 unspecified atom stereocenters. The van der Waals surface area contributed by atoms with Crippen molar-refractivity contribution in [3.63, 3.8) is 0 Å². The molecular formula is C10H6BrClN4O. The van der Waals surface area contributed by atoms with Crippen molar-refractivity contribution in [2.75, 3.05) is 5.32 Å². The Morgan fingerprint density at radius 3 is 2.82 bits per heavy atom. The molecule has 0 saturated heterocycles. The number of nitrogens with one attached hydrogen (secondary N) is 1. The highest BCUT2D eigenvalue weighted by Gasteiger charge is 2.12. The molecule has 0 aliphatic carbocycles. The Morgan fingerprint density at radius 2 is 2.12 bits per heavy atom. The molecule has 0 aliphatic rings. The van der Waals surface area contributed by atoms with Crippen LogP contribution < -0.4 is 5.32 Å². The lowest BCUT2D eigenvalue weighted by Gasteiger charge is -2.04. The molecule has 1 amide bonds. The molecular weight excluding hydrogens is 307 g/mol. The van der Waals surface area contributed by atoms with E-state index in [0.29, 0.717) is 4.47 Å². The minimum Gasteiger partial charge on any atom is -0.289 e. The van der Waals surface area contributed by atoms with Gasteiger partial charge >= 0.3 is 0 Å². The third-order valence-corrected chi connectivity index (χ3v) is 2.67. The van der Waals surface area contributed by atoms with Gasteiger partial charge in [0.25, 0.3) is 5.91 Å². The number of carbonyl (C=O) groups excluding carboxylic acids is 1. The van der Waals surface area contributed by atoms with E-state index in [4.69, 9.17) is 11.6 Å². The lowest BCUT2D eigenvalue weighted by atomic mass is 10.3. The number of aromatic nitrogens is 3. The van der Waals surface area contributed by atoms with Gasteiger partial charge in [0.15, 0.2) is 0 Å². The largest absolute Gasteiger partial charge is 0.289 e. The van der Waals surface area contributed by atoms with Crippen molar-refractivity contribution in [3.05, 3.63) is 45.9 Å². The average Bonchev–Trinajstić information content (AvgIpc) is 2.29. The fraction of sp³-hybridized carbons (Fsp3) is 0. The second-order valence-electron chi connectivity index (χ2n) is 2.99. The zero-order valence-electron chi connectivity index (χ0n) is 8.39. The van der Waals surface area contributed by atoms with Crippen LogP contribution in [0.25, 0.3) is 0 Å². The van der Waals surface area contributed by atoms with Gasteiger partial charge in [0.05, 0.1) is 0 Å². The van der Waals surface area contributed by atoms with Gasteiger partial charge in [-0.05, 0) is 34.1 Å². The minimum absolute atomic E-state index is 0.139. The summed E-state index contributed by atoms with van der Waals surface area (Å²) in [5.74, 6) is -0.264. The van der Waals surface area contributed by atoms with E-state index in [-0.39, 0.29) is 16.8 Å². The lowest BCUT2D eigenvalue weighted by molar-refractivity contribution is 0.102. The van der Waals surface area contributed by atoms with Gasteiger partial charge in [0.1, 0.15) is 10.8 Å². The van der Waals surface area contributed by atoms with Gasteiger partial charge in [-0.1, -0.05) is 11.6 Å². The Balaban J connectivity index is 2.20. The van der Waals surface area contributed by atoms with Crippen molar-refractivity contribution in [3.8, 4) is 0 Å².